The van der Waals surface area contributed by atoms with Crippen LogP contribution in [-0.4, -0.2) is 0 Å². The van der Waals surface area contributed by atoms with Crippen LogP contribution in [0.5, 0.6) is 0 Å². The first-order chi connectivity index (χ1) is 3.85. The van der Waals surface area contributed by atoms with Crippen molar-refractivity contribution in [2.75, 3.05) is 0 Å². The Labute approximate surface area is 51.2 Å². The van der Waals surface area contributed by atoms with Crippen molar-refractivity contribution in [3.05, 3.63) is 37.0 Å². The first-order valence-electron chi connectivity index (χ1n) is 2.73. The third-order valence-corrected chi connectivity index (χ3v) is 1.01. The molecule has 0 N–H and O–H groups in total. The maximum atomic E-state index is 3.63. The van der Waals surface area contributed by atoms with Gasteiger partial charge in [-0.3, -0.25) is 0 Å². The van der Waals surface area contributed by atoms with E-state index in [4.69, 9.17) is 0 Å². The van der Waals surface area contributed by atoms with Gasteiger partial charge in [-0.1, -0.05) is 24.8 Å². The second kappa shape index (κ2) is 4.38. The maximum Gasteiger partial charge on any atom is -0.0104 e. The highest BCUT2D eigenvalue weighted by molar-refractivity contribution is 5.17. The van der Waals surface area contributed by atoms with E-state index in [0.717, 1.165) is 6.42 Å². The van der Waals surface area contributed by atoms with Crippen molar-refractivity contribution in [3.8, 4) is 0 Å². The van der Waals surface area contributed by atoms with Gasteiger partial charge in [0.15, 0.2) is 0 Å². The molecule has 0 bridgehead atoms. The van der Waals surface area contributed by atoms with Gasteiger partial charge in [-0.15, -0.1) is 6.58 Å². The van der Waals surface area contributed by atoms with Crippen molar-refractivity contribution >= 4 is 0 Å². The van der Waals surface area contributed by atoms with Gasteiger partial charge < -0.3 is 0 Å². The van der Waals surface area contributed by atoms with Gasteiger partial charge >= 0.3 is 0 Å². The molecule has 0 heterocycles. The van der Waals surface area contributed by atoms with E-state index < -0.39 is 0 Å². The Morgan fingerprint density at radius 1 is 1.50 bits per heavy atom. The molecule has 0 rings (SSSR count). The average Bonchev–Trinajstić information content (AvgIpc) is 1.83. The second-order valence-corrected chi connectivity index (χ2v) is 1.56. The molecule has 0 saturated heterocycles. The van der Waals surface area contributed by atoms with E-state index in [2.05, 4.69) is 13.2 Å². The van der Waals surface area contributed by atoms with Crippen LogP contribution in [0.15, 0.2) is 37.0 Å². The SMILES string of the molecule is C=CCC(C=C)=CC. The van der Waals surface area contributed by atoms with Gasteiger partial charge in [-0.05, 0) is 18.9 Å². The summed E-state index contributed by atoms with van der Waals surface area (Å²) in [7, 11) is 0. The van der Waals surface area contributed by atoms with E-state index in [0.29, 0.717) is 0 Å². The lowest BCUT2D eigenvalue weighted by atomic mass is 10.2. The van der Waals surface area contributed by atoms with Gasteiger partial charge in [0.2, 0.25) is 0 Å². The van der Waals surface area contributed by atoms with Crippen LogP contribution in [0.4, 0.5) is 0 Å². The second-order valence-electron chi connectivity index (χ2n) is 1.56. The Kier molecular flexibility index (Phi) is 3.95. The first kappa shape index (κ1) is 7.22. The molecule has 0 aromatic carbocycles. The smallest absolute Gasteiger partial charge is 0.0104 e. The van der Waals surface area contributed by atoms with Crippen molar-refractivity contribution < 1.29 is 0 Å². The molecule has 0 amide bonds. The first-order valence-corrected chi connectivity index (χ1v) is 2.73. The fourth-order valence-electron chi connectivity index (χ4n) is 0.486. The number of hydrogen-bond acceptors (Lipinski definition) is 0. The highest BCUT2D eigenvalue weighted by atomic mass is 13.9. The van der Waals surface area contributed by atoms with E-state index in [1.165, 1.54) is 5.57 Å². The summed E-state index contributed by atoms with van der Waals surface area (Å²) in [6.07, 6.45) is 6.69. The van der Waals surface area contributed by atoms with Crippen LogP contribution in [0.2, 0.25) is 0 Å². The van der Waals surface area contributed by atoms with E-state index in [-0.39, 0.29) is 0 Å². The normalized spacial score (nSPS) is 10.9. The van der Waals surface area contributed by atoms with E-state index in [1.54, 1.807) is 0 Å². The molecule has 0 nitrogen and oxygen atoms in total. The third kappa shape index (κ3) is 2.40. The van der Waals surface area contributed by atoms with E-state index >= 15 is 0 Å². The zero-order chi connectivity index (χ0) is 6.41. The Bertz CT molecular complexity index is 107. The largest absolute Gasteiger partial charge is 0.103 e. The predicted molar refractivity (Wildman–Crippen MR) is 38.8 cm³/mol. The van der Waals surface area contributed by atoms with Crippen LogP contribution in [-0.2, 0) is 0 Å². The Morgan fingerprint density at radius 2 is 2.12 bits per heavy atom. The zero-order valence-electron chi connectivity index (χ0n) is 5.35. The summed E-state index contributed by atoms with van der Waals surface area (Å²) in [6, 6.07) is 0. The molecule has 0 aliphatic heterocycles. The number of rotatable bonds is 3. The monoisotopic (exact) mass is 108 g/mol. The molecular weight excluding hydrogens is 96.1 g/mol. The molecule has 0 spiro atoms. The van der Waals surface area contributed by atoms with Crippen molar-refractivity contribution in [3.63, 3.8) is 0 Å². The van der Waals surface area contributed by atoms with Gasteiger partial charge in [0, 0.05) is 0 Å². The average molecular weight is 108 g/mol. The van der Waals surface area contributed by atoms with Gasteiger partial charge in [0.1, 0.15) is 0 Å². The summed E-state index contributed by atoms with van der Waals surface area (Å²) < 4.78 is 0. The molecule has 0 saturated carbocycles. The minimum Gasteiger partial charge on any atom is -0.103 e. The standard InChI is InChI=1S/C8H12/c1-4-7-8(5-2)6-3/h4-6H,1-2,7H2,3H3. The summed E-state index contributed by atoms with van der Waals surface area (Å²) >= 11 is 0. The number of allylic oxidation sites excluding steroid dienone is 4. The predicted octanol–water partition coefficient (Wildman–Crippen LogP) is 2.69. The van der Waals surface area contributed by atoms with Crippen LogP contribution < -0.4 is 0 Å². The molecule has 8 heavy (non-hydrogen) atoms. The van der Waals surface area contributed by atoms with Crippen LogP contribution in [0.3, 0.4) is 0 Å². The zero-order valence-corrected chi connectivity index (χ0v) is 5.35. The molecule has 0 heteroatoms. The third-order valence-electron chi connectivity index (χ3n) is 1.01. The molecule has 0 aromatic rings. The van der Waals surface area contributed by atoms with Crippen LogP contribution in [0.1, 0.15) is 13.3 Å². The number of hydrogen-bond donors (Lipinski definition) is 0. The highest BCUT2D eigenvalue weighted by Crippen LogP contribution is 2.00. The Morgan fingerprint density at radius 3 is 2.25 bits per heavy atom. The van der Waals surface area contributed by atoms with Gasteiger partial charge in [-0.25, -0.2) is 0 Å². The lowest BCUT2D eigenvalue weighted by Gasteiger charge is -1.90. The highest BCUT2D eigenvalue weighted by Gasteiger charge is 1.80. The fourth-order valence-corrected chi connectivity index (χ4v) is 0.486. The van der Waals surface area contributed by atoms with Gasteiger partial charge in [-0.2, -0.15) is 0 Å². The fraction of sp³-hybridized carbons (Fsp3) is 0.250. The topological polar surface area (TPSA) is 0 Å². The van der Waals surface area contributed by atoms with Crippen LogP contribution in [0, 0.1) is 0 Å². The summed E-state index contributed by atoms with van der Waals surface area (Å²) in [5, 5.41) is 0. The molecule has 0 aliphatic carbocycles. The van der Waals surface area contributed by atoms with Crippen molar-refractivity contribution in [2.45, 2.75) is 13.3 Å². The quantitative estimate of drug-likeness (QED) is 0.385. The molecule has 0 aliphatic rings. The molecule has 0 aromatic heterocycles. The molecular formula is C8H12. The molecule has 44 valence electrons. The lowest BCUT2D eigenvalue weighted by Crippen LogP contribution is -1.69. The lowest BCUT2D eigenvalue weighted by molar-refractivity contribution is 1.28. The van der Waals surface area contributed by atoms with E-state index in [9.17, 15) is 0 Å². The Hall–Kier alpha value is -0.780. The molecule has 0 fully saturated rings. The molecule has 0 radical (unpaired) electrons. The van der Waals surface area contributed by atoms with Crippen LogP contribution in [0.25, 0.3) is 0 Å². The van der Waals surface area contributed by atoms with Crippen molar-refractivity contribution in [1.82, 2.24) is 0 Å². The molecule has 0 unspecified atom stereocenters. The summed E-state index contributed by atoms with van der Waals surface area (Å²) in [6.45, 7) is 9.24. The summed E-state index contributed by atoms with van der Waals surface area (Å²) in [5.74, 6) is 0. The molecule has 0 atom stereocenters. The van der Waals surface area contributed by atoms with Crippen LogP contribution >= 0.6 is 0 Å². The van der Waals surface area contributed by atoms with Crippen molar-refractivity contribution in [2.24, 2.45) is 0 Å². The van der Waals surface area contributed by atoms with Gasteiger partial charge in [0.25, 0.3) is 0 Å². The summed E-state index contributed by atoms with van der Waals surface area (Å²) in [4.78, 5) is 0. The minimum atomic E-state index is 0.931. The van der Waals surface area contributed by atoms with Crippen molar-refractivity contribution in [1.29, 1.82) is 0 Å². The minimum absolute atomic E-state index is 0.931. The van der Waals surface area contributed by atoms with E-state index in [1.807, 2.05) is 25.2 Å². The van der Waals surface area contributed by atoms with Gasteiger partial charge in [0.05, 0.1) is 0 Å². The Balaban J connectivity index is 3.71. The maximum absolute atomic E-state index is 3.63. The summed E-state index contributed by atoms with van der Waals surface area (Å²) in [5.41, 5.74) is 1.24.